The van der Waals surface area contributed by atoms with Crippen molar-refractivity contribution in [1.29, 1.82) is 0 Å². The van der Waals surface area contributed by atoms with Gasteiger partial charge in [-0.05, 0) is 12.1 Å². The summed E-state index contributed by atoms with van der Waals surface area (Å²) in [6.45, 7) is 1.32. The van der Waals surface area contributed by atoms with Gasteiger partial charge in [-0.2, -0.15) is 0 Å². The molecule has 0 aromatic carbocycles. The van der Waals surface area contributed by atoms with Crippen LogP contribution in [0.5, 0.6) is 0 Å². The Morgan fingerprint density at radius 1 is 1.44 bits per heavy atom. The number of nitrogens with zero attached hydrogens (tertiary/aromatic N) is 3. The van der Waals surface area contributed by atoms with Gasteiger partial charge in [0.1, 0.15) is 6.54 Å². The molecule has 1 aliphatic heterocycles. The third kappa shape index (κ3) is 2.03. The van der Waals surface area contributed by atoms with E-state index in [4.69, 9.17) is 0 Å². The molecule has 0 bridgehead atoms. The topological polar surface area (TPSA) is 53.5 Å². The summed E-state index contributed by atoms with van der Waals surface area (Å²) in [6.07, 6.45) is 3.14. The van der Waals surface area contributed by atoms with Crippen LogP contribution in [-0.2, 0) is 4.79 Å². The van der Waals surface area contributed by atoms with Gasteiger partial charge >= 0.3 is 0 Å². The van der Waals surface area contributed by atoms with Crippen LogP contribution in [0.2, 0.25) is 0 Å². The molecule has 2 amide bonds. The van der Waals surface area contributed by atoms with E-state index in [2.05, 4.69) is 4.98 Å². The minimum Gasteiger partial charge on any atom is -0.342 e. The maximum absolute atomic E-state index is 12.0. The molecule has 5 nitrogen and oxygen atoms in total. The molecule has 0 radical (unpaired) electrons. The average Bonchev–Trinajstić information content (AvgIpc) is 2.33. The van der Waals surface area contributed by atoms with Gasteiger partial charge in [-0.15, -0.1) is 0 Å². The van der Waals surface area contributed by atoms with Crippen molar-refractivity contribution in [2.24, 2.45) is 0 Å². The van der Waals surface area contributed by atoms with E-state index in [9.17, 15) is 9.59 Å². The minimum absolute atomic E-state index is 0.0245. The molecule has 1 saturated heterocycles. The molecule has 1 aliphatic rings. The summed E-state index contributed by atoms with van der Waals surface area (Å²) in [5.41, 5.74) is 0.528. The molecule has 0 saturated carbocycles. The Labute approximate surface area is 93.7 Å². The van der Waals surface area contributed by atoms with E-state index in [1.54, 1.807) is 35.2 Å². The van der Waals surface area contributed by atoms with Gasteiger partial charge in [0.15, 0.2) is 0 Å². The number of hydrogen-bond donors (Lipinski definition) is 0. The number of carbonyl (C=O) groups is 2. The molecule has 2 rings (SSSR count). The van der Waals surface area contributed by atoms with Gasteiger partial charge < -0.3 is 9.80 Å². The second-order valence-electron chi connectivity index (χ2n) is 3.78. The molecule has 0 unspecified atom stereocenters. The number of aromatic nitrogens is 1. The third-order valence-electron chi connectivity index (χ3n) is 2.65. The van der Waals surface area contributed by atoms with Crippen LogP contribution in [0.4, 0.5) is 0 Å². The second-order valence-corrected chi connectivity index (χ2v) is 3.78. The number of carbonyl (C=O) groups excluding carboxylic acids is 2. The van der Waals surface area contributed by atoms with Crippen LogP contribution in [0.1, 0.15) is 10.4 Å². The Hall–Kier alpha value is -1.91. The van der Waals surface area contributed by atoms with Crippen LogP contribution in [0.15, 0.2) is 24.5 Å². The van der Waals surface area contributed by atoms with Gasteiger partial charge in [0, 0.05) is 32.5 Å². The van der Waals surface area contributed by atoms with Gasteiger partial charge in [0.25, 0.3) is 5.91 Å². The van der Waals surface area contributed by atoms with Crippen molar-refractivity contribution >= 4 is 11.8 Å². The lowest BCUT2D eigenvalue weighted by Crippen LogP contribution is -2.50. The van der Waals surface area contributed by atoms with Crippen LogP contribution in [0.25, 0.3) is 0 Å². The molecule has 0 atom stereocenters. The van der Waals surface area contributed by atoms with Gasteiger partial charge in [0.05, 0.1) is 5.56 Å². The first kappa shape index (κ1) is 10.6. The van der Waals surface area contributed by atoms with E-state index in [0.717, 1.165) is 0 Å². The lowest BCUT2D eigenvalue weighted by Gasteiger charge is -2.31. The molecule has 84 valence electrons. The van der Waals surface area contributed by atoms with Crippen LogP contribution in [-0.4, -0.2) is 53.3 Å². The molecule has 5 heteroatoms. The van der Waals surface area contributed by atoms with Gasteiger partial charge in [-0.3, -0.25) is 14.6 Å². The van der Waals surface area contributed by atoms with Crippen LogP contribution in [0, 0.1) is 0 Å². The molecule has 0 N–H and O–H groups in total. The zero-order valence-electron chi connectivity index (χ0n) is 9.09. The highest BCUT2D eigenvalue weighted by molar-refractivity contribution is 5.96. The van der Waals surface area contributed by atoms with Crippen molar-refractivity contribution in [3.63, 3.8) is 0 Å². The van der Waals surface area contributed by atoms with Crippen LogP contribution >= 0.6 is 0 Å². The van der Waals surface area contributed by atoms with E-state index in [-0.39, 0.29) is 18.4 Å². The lowest BCUT2D eigenvalue weighted by atomic mass is 10.2. The van der Waals surface area contributed by atoms with Crippen molar-refractivity contribution < 1.29 is 9.59 Å². The number of hydrogen-bond acceptors (Lipinski definition) is 3. The highest BCUT2D eigenvalue weighted by Gasteiger charge is 2.25. The summed E-state index contributed by atoms with van der Waals surface area (Å²) in [5.74, 6) is -0.155. The summed E-state index contributed by atoms with van der Waals surface area (Å²) >= 11 is 0. The Kier molecular flexibility index (Phi) is 2.85. The van der Waals surface area contributed by atoms with Crippen molar-refractivity contribution in [2.45, 2.75) is 0 Å². The van der Waals surface area contributed by atoms with E-state index in [1.165, 1.54) is 6.20 Å². The highest BCUT2D eigenvalue weighted by Crippen LogP contribution is 2.07. The quantitative estimate of drug-likeness (QED) is 0.668. The molecule has 1 fully saturated rings. The molecule has 16 heavy (non-hydrogen) atoms. The lowest BCUT2D eigenvalue weighted by molar-refractivity contribution is -0.133. The third-order valence-corrected chi connectivity index (χ3v) is 2.65. The van der Waals surface area contributed by atoms with Gasteiger partial charge in [-0.1, -0.05) is 0 Å². The van der Waals surface area contributed by atoms with Crippen LogP contribution in [0.3, 0.4) is 0 Å². The van der Waals surface area contributed by atoms with E-state index < -0.39 is 0 Å². The number of likely N-dealkylation sites (N-methyl/N-ethyl adjacent to an activating group) is 1. The molecule has 1 aromatic heterocycles. The van der Waals surface area contributed by atoms with Crippen molar-refractivity contribution in [1.82, 2.24) is 14.8 Å². The van der Waals surface area contributed by atoms with Crippen molar-refractivity contribution in [3.8, 4) is 0 Å². The fourth-order valence-electron chi connectivity index (χ4n) is 1.60. The molecule has 0 aliphatic carbocycles. The van der Waals surface area contributed by atoms with Crippen LogP contribution < -0.4 is 0 Å². The largest absolute Gasteiger partial charge is 0.342 e. The first-order chi connectivity index (χ1) is 7.68. The summed E-state index contributed by atoms with van der Waals surface area (Å²) in [7, 11) is 1.74. The van der Waals surface area contributed by atoms with Gasteiger partial charge in [-0.25, -0.2) is 0 Å². The Bertz CT molecular complexity index is 405. The summed E-state index contributed by atoms with van der Waals surface area (Å²) in [6, 6.07) is 3.42. The first-order valence-electron chi connectivity index (χ1n) is 5.12. The standard InChI is InChI=1S/C11H13N3O2/c1-13-5-6-14(8-10(13)15)11(16)9-3-2-4-12-7-9/h2-4,7H,5-6,8H2,1H3. The molecule has 0 spiro atoms. The fraction of sp³-hybridized carbons (Fsp3) is 0.364. The Morgan fingerprint density at radius 2 is 2.25 bits per heavy atom. The second kappa shape index (κ2) is 4.30. The number of amides is 2. The smallest absolute Gasteiger partial charge is 0.255 e. The number of piperazine rings is 1. The first-order valence-corrected chi connectivity index (χ1v) is 5.12. The van der Waals surface area contributed by atoms with Crippen molar-refractivity contribution in [2.75, 3.05) is 26.7 Å². The predicted octanol–water partition coefficient (Wildman–Crippen LogP) is -0.00420. The number of rotatable bonds is 1. The maximum atomic E-state index is 12.0. The Morgan fingerprint density at radius 3 is 2.88 bits per heavy atom. The molecule has 1 aromatic rings. The zero-order chi connectivity index (χ0) is 11.5. The zero-order valence-corrected chi connectivity index (χ0v) is 9.09. The van der Waals surface area contributed by atoms with Crippen molar-refractivity contribution in [3.05, 3.63) is 30.1 Å². The highest BCUT2D eigenvalue weighted by atomic mass is 16.2. The molecule has 2 heterocycles. The molecular weight excluding hydrogens is 206 g/mol. The summed E-state index contributed by atoms with van der Waals surface area (Å²) in [5, 5.41) is 0. The molecular formula is C11H13N3O2. The fourth-order valence-corrected chi connectivity index (χ4v) is 1.60. The predicted molar refractivity (Wildman–Crippen MR) is 57.8 cm³/mol. The Balaban J connectivity index is 2.09. The average molecular weight is 219 g/mol. The maximum Gasteiger partial charge on any atom is 0.255 e. The SMILES string of the molecule is CN1CCN(C(=O)c2cccnc2)CC1=O. The summed E-state index contributed by atoms with van der Waals surface area (Å²) < 4.78 is 0. The minimum atomic E-state index is -0.130. The van der Waals surface area contributed by atoms with E-state index in [1.807, 2.05) is 0 Å². The van der Waals surface area contributed by atoms with Gasteiger partial charge in [0.2, 0.25) is 5.91 Å². The summed E-state index contributed by atoms with van der Waals surface area (Å²) in [4.78, 5) is 30.5. The normalized spacial score (nSPS) is 16.4. The van der Waals surface area contributed by atoms with E-state index >= 15 is 0 Å². The monoisotopic (exact) mass is 219 g/mol. The van der Waals surface area contributed by atoms with E-state index in [0.29, 0.717) is 18.7 Å². The number of pyridine rings is 1.